The number of carboxylic acid groups (broad SMARTS) is 1. The Labute approximate surface area is 104 Å². The summed E-state index contributed by atoms with van der Waals surface area (Å²) in [6.45, 7) is 1.13. The van der Waals surface area contributed by atoms with E-state index in [1.807, 2.05) is 0 Å². The number of aromatic carboxylic acids is 1. The van der Waals surface area contributed by atoms with Gasteiger partial charge in [-0.05, 0) is 25.0 Å². The van der Waals surface area contributed by atoms with E-state index < -0.39 is 11.5 Å². The van der Waals surface area contributed by atoms with Crippen molar-refractivity contribution < 1.29 is 19.7 Å². The number of aromatic nitrogens is 2. The molecule has 1 aliphatic heterocycles. The van der Waals surface area contributed by atoms with Crippen molar-refractivity contribution in [2.75, 3.05) is 25.1 Å². The van der Waals surface area contributed by atoms with Gasteiger partial charge in [0.15, 0.2) is 5.69 Å². The van der Waals surface area contributed by atoms with Crippen molar-refractivity contribution in [3.8, 4) is 0 Å². The van der Waals surface area contributed by atoms with E-state index in [2.05, 4.69) is 15.5 Å². The van der Waals surface area contributed by atoms with Gasteiger partial charge in [-0.25, -0.2) is 4.79 Å². The molecule has 2 heterocycles. The molecule has 7 nitrogen and oxygen atoms in total. The standard InChI is InChI=1S/C11H15N3O4/c15-7-11(3-5-18-6-4-11)12-9-2-1-8(10(16)17)13-14-9/h1-2,15H,3-7H2,(H,12,14)(H,16,17). The van der Waals surface area contributed by atoms with Crippen LogP contribution in [0.4, 0.5) is 5.82 Å². The molecule has 1 aromatic heterocycles. The first-order valence-corrected chi connectivity index (χ1v) is 5.69. The predicted molar refractivity (Wildman–Crippen MR) is 62.5 cm³/mol. The molecule has 1 fully saturated rings. The molecule has 0 aromatic carbocycles. The molecule has 0 radical (unpaired) electrons. The molecule has 0 saturated carbocycles. The Hall–Kier alpha value is -1.73. The number of carboxylic acids is 1. The zero-order valence-corrected chi connectivity index (χ0v) is 9.80. The van der Waals surface area contributed by atoms with Crippen LogP contribution in [0.15, 0.2) is 12.1 Å². The number of hydrogen-bond acceptors (Lipinski definition) is 6. The number of nitrogens with zero attached hydrogens (tertiary/aromatic N) is 2. The first-order valence-electron chi connectivity index (χ1n) is 5.69. The Morgan fingerprint density at radius 1 is 1.39 bits per heavy atom. The van der Waals surface area contributed by atoms with Gasteiger partial charge in [0.1, 0.15) is 5.82 Å². The van der Waals surface area contributed by atoms with Gasteiger partial charge >= 0.3 is 5.97 Å². The highest BCUT2D eigenvalue weighted by Crippen LogP contribution is 2.24. The maximum absolute atomic E-state index is 10.6. The van der Waals surface area contributed by atoms with Crippen LogP contribution in [0.25, 0.3) is 0 Å². The van der Waals surface area contributed by atoms with Crippen LogP contribution >= 0.6 is 0 Å². The maximum Gasteiger partial charge on any atom is 0.356 e. The Morgan fingerprint density at radius 2 is 2.11 bits per heavy atom. The van der Waals surface area contributed by atoms with Gasteiger partial charge in [-0.15, -0.1) is 10.2 Å². The van der Waals surface area contributed by atoms with E-state index in [0.29, 0.717) is 31.9 Å². The summed E-state index contributed by atoms with van der Waals surface area (Å²) < 4.78 is 5.25. The molecule has 3 N–H and O–H groups in total. The van der Waals surface area contributed by atoms with Crippen LogP contribution in [0.5, 0.6) is 0 Å². The molecule has 1 aromatic rings. The highest BCUT2D eigenvalue weighted by molar-refractivity contribution is 5.85. The average Bonchev–Trinajstić information content (AvgIpc) is 2.40. The second-order valence-electron chi connectivity index (χ2n) is 4.28. The fraction of sp³-hybridized carbons (Fsp3) is 0.545. The zero-order chi connectivity index (χ0) is 13.0. The van der Waals surface area contributed by atoms with Gasteiger partial charge in [0.2, 0.25) is 0 Å². The van der Waals surface area contributed by atoms with Gasteiger partial charge in [-0.3, -0.25) is 0 Å². The van der Waals surface area contributed by atoms with Crippen molar-refractivity contribution in [1.82, 2.24) is 10.2 Å². The van der Waals surface area contributed by atoms with E-state index in [-0.39, 0.29) is 12.3 Å². The van der Waals surface area contributed by atoms with E-state index in [9.17, 15) is 9.90 Å². The smallest absolute Gasteiger partial charge is 0.356 e. The second kappa shape index (κ2) is 5.28. The molecule has 0 bridgehead atoms. The van der Waals surface area contributed by atoms with Crippen molar-refractivity contribution >= 4 is 11.8 Å². The summed E-state index contributed by atoms with van der Waals surface area (Å²) >= 11 is 0. The molecule has 7 heteroatoms. The second-order valence-corrected chi connectivity index (χ2v) is 4.28. The van der Waals surface area contributed by atoms with Gasteiger partial charge in [-0.1, -0.05) is 0 Å². The zero-order valence-electron chi connectivity index (χ0n) is 9.80. The molecule has 1 saturated heterocycles. The SMILES string of the molecule is O=C(O)c1ccc(NC2(CO)CCOCC2)nn1. The summed E-state index contributed by atoms with van der Waals surface area (Å²) in [5.74, 6) is -0.659. The lowest BCUT2D eigenvalue weighted by Gasteiger charge is -2.36. The molecular formula is C11H15N3O4. The normalized spacial score (nSPS) is 18.3. The molecule has 0 spiro atoms. The minimum absolute atomic E-state index is 0.0290. The summed E-state index contributed by atoms with van der Waals surface area (Å²) in [6, 6.07) is 2.92. The number of carbonyl (C=O) groups is 1. The third-order valence-electron chi connectivity index (χ3n) is 3.03. The van der Waals surface area contributed by atoms with Crippen molar-refractivity contribution in [2.45, 2.75) is 18.4 Å². The Morgan fingerprint density at radius 3 is 2.61 bits per heavy atom. The summed E-state index contributed by atoms with van der Waals surface area (Å²) in [5, 5.41) is 28.7. The van der Waals surface area contributed by atoms with Crippen LogP contribution in [0.1, 0.15) is 23.3 Å². The number of anilines is 1. The first kappa shape index (κ1) is 12.7. The molecule has 18 heavy (non-hydrogen) atoms. The number of aliphatic hydroxyl groups excluding tert-OH is 1. The molecule has 98 valence electrons. The average molecular weight is 253 g/mol. The third kappa shape index (κ3) is 2.74. The van der Waals surface area contributed by atoms with Crippen LogP contribution in [0.3, 0.4) is 0 Å². The minimum Gasteiger partial charge on any atom is -0.476 e. The van der Waals surface area contributed by atoms with E-state index in [4.69, 9.17) is 9.84 Å². The van der Waals surface area contributed by atoms with E-state index in [1.165, 1.54) is 6.07 Å². The largest absolute Gasteiger partial charge is 0.476 e. The summed E-state index contributed by atoms with van der Waals surface area (Å²) in [7, 11) is 0. The van der Waals surface area contributed by atoms with Crippen LogP contribution < -0.4 is 5.32 Å². The summed E-state index contributed by atoms with van der Waals surface area (Å²) in [5.41, 5.74) is -0.567. The number of ether oxygens (including phenoxy) is 1. The van der Waals surface area contributed by atoms with E-state index in [1.54, 1.807) is 6.07 Å². The summed E-state index contributed by atoms with van der Waals surface area (Å²) in [4.78, 5) is 10.6. The number of rotatable bonds is 4. The van der Waals surface area contributed by atoms with Crippen molar-refractivity contribution in [3.05, 3.63) is 17.8 Å². The Bertz CT molecular complexity index is 415. The van der Waals surface area contributed by atoms with Gasteiger partial charge in [-0.2, -0.15) is 0 Å². The van der Waals surface area contributed by atoms with E-state index >= 15 is 0 Å². The fourth-order valence-corrected chi connectivity index (χ4v) is 1.87. The molecular weight excluding hydrogens is 238 g/mol. The number of nitrogens with one attached hydrogen (secondary N) is 1. The lowest BCUT2D eigenvalue weighted by Crippen LogP contribution is -2.47. The van der Waals surface area contributed by atoms with Gasteiger partial charge in [0.05, 0.1) is 12.1 Å². The number of aliphatic hydroxyl groups is 1. The molecule has 0 aliphatic carbocycles. The quantitative estimate of drug-likeness (QED) is 0.700. The molecule has 2 rings (SSSR count). The Balaban J connectivity index is 2.09. The molecule has 1 aliphatic rings. The monoisotopic (exact) mass is 253 g/mol. The first-order chi connectivity index (χ1) is 8.65. The lowest BCUT2D eigenvalue weighted by atomic mass is 9.91. The summed E-state index contributed by atoms with van der Waals surface area (Å²) in [6.07, 6.45) is 1.34. The molecule has 0 unspecified atom stereocenters. The molecule has 0 atom stereocenters. The highest BCUT2D eigenvalue weighted by atomic mass is 16.5. The van der Waals surface area contributed by atoms with Gasteiger partial charge in [0, 0.05) is 13.2 Å². The van der Waals surface area contributed by atoms with Crippen LogP contribution in [0, 0.1) is 0 Å². The predicted octanol–water partition coefficient (Wildman–Crippen LogP) is 0.128. The molecule has 0 amide bonds. The Kier molecular flexibility index (Phi) is 3.73. The van der Waals surface area contributed by atoms with Crippen molar-refractivity contribution in [1.29, 1.82) is 0 Å². The third-order valence-corrected chi connectivity index (χ3v) is 3.03. The van der Waals surface area contributed by atoms with Crippen molar-refractivity contribution in [3.63, 3.8) is 0 Å². The van der Waals surface area contributed by atoms with Gasteiger partial charge < -0.3 is 20.3 Å². The van der Waals surface area contributed by atoms with Crippen LogP contribution in [-0.4, -0.2) is 51.7 Å². The van der Waals surface area contributed by atoms with Gasteiger partial charge in [0.25, 0.3) is 0 Å². The fourth-order valence-electron chi connectivity index (χ4n) is 1.87. The minimum atomic E-state index is -1.11. The number of hydrogen-bond donors (Lipinski definition) is 3. The van der Waals surface area contributed by atoms with Crippen molar-refractivity contribution in [2.24, 2.45) is 0 Å². The van der Waals surface area contributed by atoms with Crippen LogP contribution in [-0.2, 0) is 4.74 Å². The van der Waals surface area contributed by atoms with Crippen LogP contribution in [0.2, 0.25) is 0 Å². The topological polar surface area (TPSA) is 105 Å². The van der Waals surface area contributed by atoms with E-state index in [0.717, 1.165) is 0 Å². The highest BCUT2D eigenvalue weighted by Gasteiger charge is 2.32. The maximum atomic E-state index is 10.6. The lowest BCUT2D eigenvalue weighted by molar-refractivity contribution is 0.0378.